The van der Waals surface area contributed by atoms with Crippen LogP contribution in [0.3, 0.4) is 0 Å². The van der Waals surface area contributed by atoms with Gasteiger partial charge in [-0.2, -0.15) is 0 Å². The van der Waals surface area contributed by atoms with Crippen molar-refractivity contribution in [3.05, 3.63) is 28.6 Å². The van der Waals surface area contributed by atoms with Crippen LogP contribution in [-0.4, -0.2) is 12.2 Å². The Morgan fingerprint density at radius 1 is 1.43 bits per heavy atom. The normalized spacial score (nSPS) is 10.8. The lowest BCUT2D eigenvalue weighted by Crippen LogP contribution is -1.91. The molecule has 1 aromatic carbocycles. The number of rotatable bonds is 2. The zero-order chi connectivity index (χ0) is 10.1. The standard InChI is InChI=1S/C11H12O2S/c1-7-5-8-3-4-9(6-12)10(13-2)11(8)14-7/h3-5,12H,6H2,1-2H3. The van der Waals surface area contributed by atoms with Crippen molar-refractivity contribution < 1.29 is 9.84 Å². The first kappa shape index (κ1) is 9.49. The summed E-state index contributed by atoms with van der Waals surface area (Å²) in [4.78, 5) is 1.26. The van der Waals surface area contributed by atoms with Gasteiger partial charge in [-0.05, 0) is 18.4 Å². The molecule has 0 amide bonds. The van der Waals surface area contributed by atoms with Gasteiger partial charge in [-0.1, -0.05) is 12.1 Å². The van der Waals surface area contributed by atoms with Crippen LogP contribution in [0.5, 0.6) is 5.75 Å². The lowest BCUT2D eigenvalue weighted by Gasteiger charge is -2.06. The Morgan fingerprint density at radius 2 is 2.21 bits per heavy atom. The van der Waals surface area contributed by atoms with E-state index >= 15 is 0 Å². The summed E-state index contributed by atoms with van der Waals surface area (Å²) < 4.78 is 6.44. The molecule has 1 N–H and O–H groups in total. The zero-order valence-electron chi connectivity index (χ0n) is 8.20. The Kier molecular flexibility index (Phi) is 2.44. The highest BCUT2D eigenvalue weighted by Gasteiger charge is 2.09. The van der Waals surface area contributed by atoms with Crippen molar-refractivity contribution in [2.75, 3.05) is 7.11 Å². The number of methoxy groups -OCH3 is 1. The van der Waals surface area contributed by atoms with Gasteiger partial charge >= 0.3 is 0 Å². The lowest BCUT2D eigenvalue weighted by molar-refractivity contribution is 0.274. The van der Waals surface area contributed by atoms with Crippen molar-refractivity contribution in [1.82, 2.24) is 0 Å². The summed E-state index contributed by atoms with van der Waals surface area (Å²) in [6.07, 6.45) is 0. The first-order chi connectivity index (χ1) is 6.76. The smallest absolute Gasteiger partial charge is 0.142 e. The van der Waals surface area contributed by atoms with E-state index in [0.29, 0.717) is 0 Å². The summed E-state index contributed by atoms with van der Waals surface area (Å²) in [5, 5.41) is 10.3. The highest BCUT2D eigenvalue weighted by atomic mass is 32.1. The molecule has 2 aromatic rings. The third-order valence-electron chi connectivity index (χ3n) is 2.22. The minimum absolute atomic E-state index is 0.0239. The summed E-state index contributed by atoms with van der Waals surface area (Å²) in [6, 6.07) is 6.06. The zero-order valence-corrected chi connectivity index (χ0v) is 9.02. The van der Waals surface area contributed by atoms with Crippen molar-refractivity contribution >= 4 is 21.4 Å². The average molecular weight is 208 g/mol. The Bertz CT molecular complexity index is 460. The Hall–Kier alpha value is -1.06. The van der Waals surface area contributed by atoms with Crippen LogP contribution in [0.2, 0.25) is 0 Å². The van der Waals surface area contributed by atoms with Gasteiger partial charge in [0.05, 0.1) is 18.4 Å². The van der Waals surface area contributed by atoms with Gasteiger partial charge < -0.3 is 9.84 Å². The summed E-state index contributed by atoms with van der Waals surface area (Å²) in [5.41, 5.74) is 0.849. The second kappa shape index (κ2) is 3.59. The molecule has 74 valence electrons. The maximum atomic E-state index is 9.14. The van der Waals surface area contributed by atoms with Gasteiger partial charge in [-0.3, -0.25) is 0 Å². The molecule has 0 aliphatic rings. The van der Waals surface area contributed by atoms with Gasteiger partial charge in [0.15, 0.2) is 0 Å². The molecule has 2 rings (SSSR count). The molecule has 0 atom stereocenters. The number of fused-ring (bicyclic) bond motifs is 1. The highest BCUT2D eigenvalue weighted by molar-refractivity contribution is 7.19. The highest BCUT2D eigenvalue weighted by Crippen LogP contribution is 2.35. The van der Waals surface area contributed by atoms with Crippen LogP contribution >= 0.6 is 11.3 Å². The molecule has 0 aliphatic carbocycles. The number of ether oxygens (including phenoxy) is 1. The van der Waals surface area contributed by atoms with E-state index in [4.69, 9.17) is 9.84 Å². The number of aliphatic hydroxyl groups excluding tert-OH is 1. The van der Waals surface area contributed by atoms with E-state index in [0.717, 1.165) is 16.0 Å². The minimum atomic E-state index is 0.0239. The molecule has 0 saturated heterocycles. The Morgan fingerprint density at radius 3 is 2.86 bits per heavy atom. The van der Waals surface area contributed by atoms with E-state index in [1.54, 1.807) is 18.4 Å². The molecule has 0 radical (unpaired) electrons. The summed E-state index contributed by atoms with van der Waals surface area (Å²) >= 11 is 1.70. The van der Waals surface area contributed by atoms with Crippen molar-refractivity contribution in [2.24, 2.45) is 0 Å². The molecule has 14 heavy (non-hydrogen) atoms. The predicted octanol–water partition coefficient (Wildman–Crippen LogP) is 2.71. The molecular weight excluding hydrogens is 196 g/mol. The van der Waals surface area contributed by atoms with E-state index in [1.807, 2.05) is 12.1 Å². The van der Waals surface area contributed by atoms with Gasteiger partial charge in [0.1, 0.15) is 5.75 Å². The first-order valence-corrected chi connectivity index (χ1v) is 5.24. The summed E-state index contributed by atoms with van der Waals surface area (Å²) in [7, 11) is 1.64. The number of aryl methyl sites for hydroxylation is 1. The van der Waals surface area contributed by atoms with Crippen molar-refractivity contribution in [2.45, 2.75) is 13.5 Å². The van der Waals surface area contributed by atoms with Crippen LogP contribution in [0.15, 0.2) is 18.2 Å². The van der Waals surface area contributed by atoms with Crippen LogP contribution in [0.25, 0.3) is 10.1 Å². The molecule has 0 fully saturated rings. The molecule has 0 bridgehead atoms. The van der Waals surface area contributed by atoms with Crippen molar-refractivity contribution in [3.63, 3.8) is 0 Å². The van der Waals surface area contributed by atoms with Crippen LogP contribution < -0.4 is 4.74 Å². The molecule has 1 aromatic heterocycles. The molecule has 1 heterocycles. The molecular formula is C11H12O2S. The summed E-state index contributed by atoms with van der Waals surface area (Å²) in [6.45, 7) is 2.10. The van der Waals surface area contributed by atoms with E-state index in [9.17, 15) is 0 Å². The minimum Gasteiger partial charge on any atom is -0.495 e. The van der Waals surface area contributed by atoms with Gasteiger partial charge in [0, 0.05) is 10.4 Å². The second-order valence-corrected chi connectivity index (χ2v) is 4.45. The van der Waals surface area contributed by atoms with Crippen molar-refractivity contribution in [3.8, 4) is 5.75 Å². The monoisotopic (exact) mass is 208 g/mol. The molecule has 0 unspecified atom stereocenters. The number of aliphatic hydroxyl groups is 1. The fourth-order valence-electron chi connectivity index (χ4n) is 1.60. The molecule has 0 aliphatic heterocycles. The number of hydrogen-bond donors (Lipinski definition) is 1. The Labute approximate surface area is 86.8 Å². The van der Waals surface area contributed by atoms with Crippen LogP contribution in [0.1, 0.15) is 10.4 Å². The van der Waals surface area contributed by atoms with E-state index < -0.39 is 0 Å². The van der Waals surface area contributed by atoms with Gasteiger partial charge in [-0.15, -0.1) is 11.3 Å². The lowest BCUT2D eigenvalue weighted by atomic mass is 10.1. The van der Waals surface area contributed by atoms with Crippen LogP contribution in [0, 0.1) is 6.92 Å². The maximum Gasteiger partial charge on any atom is 0.142 e. The molecule has 0 spiro atoms. The van der Waals surface area contributed by atoms with Crippen LogP contribution in [0.4, 0.5) is 0 Å². The molecule has 2 nitrogen and oxygen atoms in total. The Balaban J connectivity index is 2.75. The SMILES string of the molecule is COc1c(CO)ccc2cc(C)sc12. The van der Waals surface area contributed by atoms with E-state index in [2.05, 4.69) is 13.0 Å². The maximum absolute atomic E-state index is 9.14. The second-order valence-electron chi connectivity index (χ2n) is 3.19. The molecule has 0 saturated carbocycles. The topological polar surface area (TPSA) is 29.5 Å². The van der Waals surface area contributed by atoms with E-state index in [1.165, 1.54) is 10.3 Å². The summed E-state index contributed by atoms with van der Waals surface area (Å²) in [5.74, 6) is 0.808. The predicted molar refractivity (Wildman–Crippen MR) is 59.0 cm³/mol. The average Bonchev–Trinajstić information content (AvgIpc) is 2.56. The number of benzene rings is 1. The quantitative estimate of drug-likeness (QED) is 0.822. The van der Waals surface area contributed by atoms with Gasteiger partial charge in [0.2, 0.25) is 0 Å². The largest absolute Gasteiger partial charge is 0.495 e. The number of hydrogen-bond acceptors (Lipinski definition) is 3. The fraction of sp³-hybridized carbons (Fsp3) is 0.273. The van der Waals surface area contributed by atoms with Crippen LogP contribution in [-0.2, 0) is 6.61 Å². The van der Waals surface area contributed by atoms with Gasteiger partial charge in [-0.25, -0.2) is 0 Å². The van der Waals surface area contributed by atoms with E-state index in [-0.39, 0.29) is 6.61 Å². The third-order valence-corrected chi connectivity index (χ3v) is 3.29. The fourth-order valence-corrected chi connectivity index (χ4v) is 2.66. The third kappa shape index (κ3) is 1.38. The molecule has 3 heteroatoms. The van der Waals surface area contributed by atoms with Gasteiger partial charge in [0.25, 0.3) is 0 Å². The first-order valence-electron chi connectivity index (χ1n) is 4.43. The van der Waals surface area contributed by atoms with Crippen molar-refractivity contribution in [1.29, 1.82) is 0 Å². The number of thiophene rings is 1.